The molecule has 1 unspecified atom stereocenters. The van der Waals surface area contributed by atoms with E-state index in [1.807, 2.05) is 6.92 Å². The average molecular weight is 456 g/mol. The van der Waals surface area contributed by atoms with E-state index in [0.717, 1.165) is 0 Å². The maximum Gasteiger partial charge on any atom is 0.332 e. The summed E-state index contributed by atoms with van der Waals surface area (Å²) in [5.74, 6) is 1.29. The molecule has 9 heteroatoms. The minimum atomic E-state index is -0.987. The first-order valence-corrected chi connectivity index (χ1v) is 10.4. The Morgan fingerprint density at radius 2 is 1.91 bits per heavy atom. The number of hydrogen-bond donors (Lipinski definition) is 3. The van der Waals surface area contributed by atoms with E-state index in [1.54, 1.807) is 81.8 Å². The summed E-state index contributed by atoms with van der Waals surface area (Å²) in [5.41, 5.74) is 0.133. The quantitative estimate of drug-likeness (QED) is 0.459. The molecule has 2 aromatic carbocycles. The number of nitrogens with one attached hydrogen (secondary N) is 2. The summed E-state index contributed by atoms with van der Waals surface area (Å²) in [6, 6.07) is 14.8. The van der Waals surface area contributed by atoms with E-state index < -0.39 is 11.6 Å². The van der Waals surface area contributed by atoms with Crippen LogP contribution in [-0.2, 0) is 0 Å². The molecule has 3 N–H and O–H groups in total. The summed E-state index contributed by atoms with van der Waals surface area (Å²) < 4.78 is 5.23. The van der Waals surface area contributed by atoms with Crippen molar-refractivity contribution >= 4 is 40.8 Å². The van der Waals surface area contributed by atoms with Gasteiger partial charge in [0, 0.05) is 23.0 Å². The van der Waals surface area contributed by atoms with Gasteiger partial charge in [-0.3, -0.25) is 0 Å². The molecular weight excluding hydrogens is 430 g/mol. The molecule has 0 aliphatic carbocycles. The van der Waals surface area contributed by atoms with Crippen LogP contribution in [0.5, 0.6) is 5.75 Å². The summed E-state index contributed by atoms with van der Waals surface area (Å²) >= 11 is 6.05. The summed E-state index contributed by atoms with van der Waals surface area (Å²) in [4.78, 5) is 23.4. The standard InChI is InChI=1S/C23H26ClN5O3/c1-15(23(2,3)31)26-21-25-13-12-20(28-21)29(18-8-10-19(32-4)11-9-18)22(30)27-17-7-5-6-16(24)14-17/h5-15,31H,1-4H3,(H,27,30)(H,25,26,28). The zero-order valence-electron chi connectivity index (χ0n) is 18.3. The van der Waals surface area contributed by atoms with Gasteiger partial charge in [-0.05, 0) is 63.2 Å². The number of carbonyl (C=O) groups excluding carboxylic acids is 1. The van der Waals surface area contributed by atoms with Gasteiger partial charge in [-0.15, -0.1) is 0 Å². The molecule has 0 aliphatic heterocycles. The topological polar surface area (TPSA) is 99.6 Å². The first-order valence-electron chi connectivity index (χ1n) is 10.00. The zero-order valence-corrected chi connectivity index (χ0v) is 19.1. The van der Waals surface area contributed by atoms with Gasteiger partial charge in [0.2, 0.25) is 5.95 Å². The number of halogens is 1. The van der Waals surface area contributed by atoms with Crippen LogP contribution < -0.4 is 20.3 Å². The lowest BCUT2D eigenvalue weighted by Crippen LogP contribution is -2.40. The Morgan fingerprint density at radius 1 is 1.19 bits per heavy atom. The van der Waals surface area contributed by atoms with Crippen LogP contribution in [0.25, 0.3) is 0 Å². The van der Waals surface area contributed by atoms with Gasteiger partial charge < -0.3 is 20.5 Å². The predicted octanol–water partition coefficient (Wildman–Crippen LogP) is 5.08. The van der Waals surface area contributed by atoms with Crippen LogP contribution in [0.4, 0.5) is 27.9 Å². The Morgan fingerprint density at radius 3 is 2.53 bits per heavy atom. The van der Waals surface area contributed by atoms with E-state index in [0.29, 0.717) is 28.0 Å². The first-order chi connectivity index (χ1) is 15.2. The molecule has 0 spiro atoms. The Labute approximate surface area is 192 Å². The minimum absolute atomic E-state index is 0.284. The third-order valence-electron chi connectivity index (χ3n) is 4.88. The Balaban J connectivity index is 1.96. The Kier molecular flexibility index (Phi) is 7.17. The second-order valence-electron chi connectivity index (χ2n) is 7.73. The van der Waals surface area contributed by atoms with E-state index >= 15 is 0 Å². The maximum absolute atomic E-state index is 13.3. The van der Waals surface area contributed by atoms with Gasteiger partial charge in [0.15, 0.2) is 0 Å². The van der Waals surface area contributed by atoms with Crippen molar-refractivity contribution in [1.82, 2.24) is 9.97 Å². The second kappa shape index (κ2) is 9.84. The second-order valence-corrected chi connectivity index (χ2v) is 8.17. The Hall–Kier alpha value is -3.36. The van der Waals surface area contributed by atoms with E-state index in [-0.39, 0.29) is 12.0 Å². The monoisotopic (exact) mass is 455 g/mol. The largest absolute Gasteiger partial charge is 0.497 e. The number of aliphatic hydroxyl groups is 1. The Bertz CT molecular complexity index is 1070. The molecule has 1 aromatic heterocycles. The summed E-state index contributed by atoms with van der Waals surface area (Å²) in [5, 5.41) is 16.6. The normalized spacial score (nSPS) is 12.1. The van der Waals surface area contributed by atoms with Crippen molar-refractivity contribution < 1.29 is 14.6 Å². The first kappa shape index (κ1) is 23.3. The van der Waals surface area contributed by atoms with Crippen molar-refractivity contribution in [2.75, 3.05) is 22.6 Å². The van der Waals surface area contributed by atoms with Crippen LogP contribution in [0.3, 0.4) is 0 Å². The highest BCUT2D eigenvalue weighted by molar-refractivity contribution is 6.31. The molecule has 32 heavy (non-hydrogen) atoms. The number of hydrogen-bond acceptors (Lipinski definition) is 6. The SMILES string of the molecule is COc1ccc(N(C(=O)Nc2cccc(Cl)c2)c2ccnc(NC(C)C(C)(C)O)n2)cc1. The van der Waals surface area contributed by atoms with Gasteiger partial charge in [0.25, 0.3) is 0 Å². The highest BCUT2D eigenvalue weighted by Crippen LogP contribution is 2.28. The fourth-order valence-electron chi connectivity index (χ4n) is 2.74. The molecule has 3 rings (SSSR count). The molecular formula is C23H26ClN5O3. The molecule has 8 nitrogen and oxygen atoms in total. The number of rotatable bonds is 7. The van der Waals surface area contributed by atoms with E-state index in [1.165, 1.54) is 4.90 Å². The van der Waals surface area contributed by atoms with Gasteiger partial charge >= 0.3 is 6.03 Å². The predicted molar refractivity (Wildman–Crippen MR) is 127 cm³/mol. The molecule has 1 atom stereocenters. The van der Waals surface area contributed by atoms with Gasteiger partial charge in [-0.25, -0.2) is 14.7 Å². The summed E-state index contributed by atoms with van der Waals surface area (Å²) in [6.45, 7) is 5.20. The van der Waals surface area contributed by atoms with Crippen LogP contribution in [0, 0.1) is 0 Å². The molecule has 0 saturated heterocycles. The van der Waals surface area contributed by atoms with Crippen molar-refractivity contribution in [3.8, 4) is 5.75 Å². The van der Waals surface area contributed by atoms with Crippen LogP contribution in [0.1, 0.15) is 20.8 Å². The lowest BCUT2D eigenvalue weighted by molar-refractivity contribution is 0.0646. The van der Waals surface area contributed by atoms with Crippen LogP contribution >= 0.6 is 11.6 Å². The van der Waals surface area contributed by atoms with E-state index in [4.69, 9.17) is 16.3 Å². The van der Waals surface area contributed by atoms with Crippen molar-refractivity contribution in [3.05, 3.63) is 65.8 Å². The van der Waals surface area contributed by atoms with Gasteiger partial charge in [0.1, 0.15) is 11.6 Å². The van der Waals surface area contributed by atoms with Crippen LogP contribution in [0.15, 0.2) is 60.8 Å². The van der Waals surface area contributed by atoms with Crippen LogP contribution in [0.2, 0.25) is 5.02 Å². The third-order valence-corrected chi connectivity index (χ3v) is 5.12. The van der Waals surface area contributed by atoms with Gasteiger partial charge in [-0.2, -0.15) is 4.98 Å². The summed E-state index contributed by atoms with van der Waals surface area (Å²) in [7, 11) is 1.57. The molecule has 168 valence electrons. The number of aromatic nitrogens is 2. The zero-order chi connectivity index (χ0) is 23.3. The molecule has 0 bridgehead atoms. The smallest absolute Gasteiger partial charge is 0.332 e. The number of methoxy groups -OCH3 is 1. The van der Waals surface area contributed by atoms with E-state index in [2.05, 4.69) is 20.6 Å². The fourth-order valence-corrected chi connectivity index (χ4v) is 2.93. The number of carbonyl (C=O) groups is 1. The van der Waals surface area contributed by atoms with Crippen molar-refractivity contribution in [1.29, 1.82) is 0 Å². The molecule has 0 saturated carbocycles. The average Bonchev–Trinajstić information content (AvgIpc) is 2.74. The lowest BCUT2D eigenvalue weighted by atomic mass is 10.0. The molecule has 0 radical (unpaired) electrons. The highest BCUT2D eigenvalue weighted by Gasteiger charge is 2.24. The number of benzene rings is 2. The molecule has 3 aromatic rings. The maximum atomic E-state index is 13.3. The fraction of sp³-hybridized carbons (Fsp3) is 0.261. The number of ether oxygens (including phenoxy) is 1. The summed E-state index contributed by atoms with van der Waals surface area (Å²) in [6.07, 6.45) is 1.55. The molecule has 0 fully saturated rings. The molecule has 0 aliphatic rings. The van der Waals surface area contributed by atoms with Crippen molar-refractivity contribution in [2.45, 2.75) is 32.4 Å². The van der Waals surface area contributed by atoms with Gasteiger partial charge in [0.05, 0.1) is 24.4 Å². The number of urea groups is 1. The van der Waals surface area contributed by atoms with Crippen molar-refractivity contribution in [2.24, 2.45) is 0 Å². The lowest BCUT2D eigenvalue weighted by Gasteiger charge is -2.27. The highest BCUT2D eigenvalue weighted by atomic mass is 35.5. The van der Waals surface area contributed by atoms with Crippen molar-refractivity contribution in [3.63, 3.8) is 0 Å². The number of anilines is 4. The van der Waals surface area contributed by atoms with E-state index in [9.17, 15) is 9.90 Å². The number of nitrogens with zero attached hydrogens (tertiary/aromatic N) is 3. The molecule has 2 amide bonds. The van der Waals surface area contributed by atoms with Crippen LogP contribution in [-0.4, -0.2) is 39.9 Å². The van der Waals surface area contributed by atoms with Gasteiger partial charge in [-0.1, -0.05) is 17.7 Å². The number of amides is 2. The minimum Gasteiger partial charge on any atom is -0.497 e. The molecule has 1 heterocycles. The third kappa shape index (κ3) is 5.87.